The van der Waals surface area contributed by atoms with E-state index in [1.165, 1.54) is 5.56 Å². The van der Waals surface area contributed by atoms with Crippen molar-refractivity contribution in [2.24, 2.45) is 0 Å². The lowest BCUT2D eigenvalue weighted by Gasteiger charge is -2.17. The van der Waals surface area contributed by atoms with Crippen molar-refractivity contribution < 1.29 is 9.53 Å². The van der Waals surface area contributed by atoms with Crippen LogP contribution in [-0.2, 0) is 11.2 Å². The molecule has 6 nitrogen and oxygen atoms in total. The second kappa shape index (κ2) is 8.17. The molecule has 0 spiro atoms. The molecule has 26 heavy (non-hydrogen) atoms. The van der Waals surface area contributed by atoms with Gasteiger partial charge in [-0.3, -0.25) is 4.79 Å². The Morgan fingerprint density at radius 1 is 1.15 bits per heavy atom. The molecule has 1 aliphatic heterocycles. The maximum Gasteiger partial charge on any atom is 0.242 e. The van der Waals surface area contributed by atoms with Crippen LogP contribution in [0, 0.1) is 13.8 Å². The minimum atomic E-state index is -0.260. The summed E-state index contributed by atoms with van der Waals surface area (Å²) in [4.78, 5) is 21.3. The van der Waals surface area contributed by atoms with E-state index >= 15 is 0 Å². The summed E-state index contributed by atoms with van der Waals surface area (Å²) in [5.41, 5.74) is 4.17. The second-order valence-electron chi connectivity index (χ2n) is 6.71. The van der Waals surface area contributed by atoms with Crippen molar-refractivity contribution in [3.8, 4) is 5.75 Å². The molecule has 1 aliphatic rings. The largest absolute Gasteiger partial charge is 0.497 e. The fourth-order valence-corrected chi connectivity index (χ4v) is 3.24. The molecule has 0 bridgehead atoms. The zero-order valence-corrected chi connectivity index (χ0v) is 15.6. The summed E-state index contributed by atoms with van der Waals surface area (Å²) in [5, 5.41) is 6.14. The maximum absolute atomic E-state index is 12.1. The molecule has 0 radical (unpaired) electrons. The summed E-state index contributed by atoms with van der Waals surface area (Å²) in [6.45, 7) is 4.73. The number of carbonyl (C=O) groups is 1. The quantitative estimate of drug-likeness (QED) is 0.863. The second-order valence-corrected chi connectivity index (χ2v) is 6.71. The van der Waals surface area contributed by atoms with Gasteiger partial charge in [0.25, 0.3) is 0 Å². The molecule has 1 aromatic carbocycles. The van der Waals surface area contributed by atoms with E-state index in [2.05, 4.69) is 32.7 Å². The Morgan fingerprint density at radius 2 is 1.85 bits per heavy atom. The Bertz CT molecular complexity index is 751. The third-order valence-electron chi connectivity index (χ3n) is 4.80. The number of ether oxygens (including phenoxy) is 1. The minimum absolute atomic E-state index is 0.0312. The number of anilines is 1. The lowest BCUT2D eigenvalue weighted by molar-refractivity contribution is -0.121. The number of aryl methyl sites for hydroxylation is 2. The van der Waals surface area contributed by atoms with Gasteiger partial charge in [0.1, 0.15) is 11.8 Å². The molecule has 1 atom stereocenters. The van der Waals surface area contributed by atoms with Crippen molar-refractivity contribution in [2.45, 2.75) is 45.6 Å². The summed E-state index contributed by atoms with van der Waals surface area (Å²) < 4.78 is 5.21. The van der Waals surface area contributed by atoms with Crippen LogP contribution in [0.4, 0.5) is 5.95 Å². The van der Waals surface area contributed by atoms with Crippen molar-refractivity contribution in [1.82, 2.24) is 15.3 Å². The highest BCUT2D eigenvalue weighted by Gasteiger charge is 2.21. The Labute approximate surface area is 154 Å². The van der Waals surface area contributed by atoms with Gasteiger partial charge >= 0.3 is 0 Å². The van der Waals surface area contributed by atoms with E-state index in [4.69, 9.17) is 4.74 Å². The number of methoxy groups -OCH3 is 1. The van der Waals surface area contributed by atoms with Gasteiger partial charge in [-0.15, -0.1) is 0 Å². The molecule has 1 aromatic heterocycles. The average Bonchev–Trinajstić information content (AvgIpc) is 2.83. The molecule has 0 saturated carbocycles. The van der Waals surface area contributed by atoms with Gasteiger partial charge in [0.15, 0.2) is 0 Å². The first kappa shape index (κ1) is 18.2. The molecule has 1 fully saturated rings. The van der Waals surface area contributed by atoms with Crippen molar-refractivity contribution >= 4 is 11.9 Å². The van der Waals surface area contributed by atoms with Gasteiger partial charge in [-0.1, -0.05) is 12.1 Å². The number of benzene rings is 1. The Kier molecular flexibility index (Phi) is 5.71. The predicted molar refractivity (Wildman–Crippen MR) is 102 cm³/mol. The van der Waals surface area contributed by atoms with Gasteiger partial charge in [0.2, 0.25) is 11.9 Å². The summed E-state index contributed by atoms with van der Waals surface area (Å²) in [6, 6.07) is 7.77. The smallest absolute Gasteiger partial charge is 0.242 e. The van der Waals surface area contributed by atoms with E-state index in [9.17, 15) is 4.79 Å². The van der Waals surface area contributed by atoms with Gasteiger partial charge in [0, 0.05) is 24.4 Å². The Hall–Kier alpha value is -2.63. The molecule has 1 saturated heterocycles. The van der Waals surface area contributed by atoms with Crippen LogP contribution >= 0.6 is 0 Å². The van der Waals surface area contributed by atoms with E-state index in [1.54, 1.807) is 7.11 Å². The standard InChI is InChI=1S/C20H26N4O2/c1-13-17(12-15-7-9-16(26-3)10-8-15)14(2)23-20(22-13)24-18-6-4-5-11-21-19(18)25/h7-10,18H,4-6,11-12H2,1-3H3,(H,21,25)(H,22,23,24)/t18-/m1/s1. The molecule has 3 rings (SSSR count). The van der Waals surface area contributed by atoms with Gasteiger partial charge in [-0.05, 0) is 56.4 Å². The van der Waals surface area contributed by atoms with Crippen LogP contribution in [0.25, 0.3) is 0 Å². The van der Waals surface area contributed by atoms with Gasteiger partial charge in [-0.2, -0.15) is 0 Å². The molecule has 2 N–H and O–H groups in total. The summed E-state index contributed by atoms with van der Waals surface area (Å²) >= 11 is 0. The number of amides is 1. The zero-order chi connectivity index (χ0) is 18.5. The van der Waals surface area contributed by atoms with Crippen molar-refractivity contribution in [3.63, 3.8) is 0 Å². The van der Waals surface area contributed by atoms with Crippen LogP contribution in [0.5, 0.6) is 5.75 Å². The number of hydrogen-bond acceptors (Lipinski definition) is 5. The first-order valence-electron chi connectivity index (χ1n) is 9.08. The molecule has 1 amide bonds. The van der Waals surface area contributed by atoms with Gasteiger partial charge < -0.3 is 15.4 Å². The zero-order valence-electron chi connectivity index (χ0n) is 15.6. The molecular formula is C20H26N4O2. The van der Waals surface area contributed by atoms with Crippen molar-refractivity contribution in [1.29, 1.82) is 0 Å². The van der Waals surface area contributed by atoms with E-state index in [0.717, 1.165) is 54.9 Å². The monoisotopic (exact) mass is 354 g/mol. The number of carbonyl (C=O) groups excluding carboxylic acids is 1. The molecule has 2 aromatic rings. The summed E-state index contributed by atoms with van der Waals surface area (Å²) in [5.74, 6) is 1.41. The normalized spacial score (nSPS) is 17.3. The highest BCUT2D eigenvalue weighted by atomic mass is 16.5. The third-order valence-corrected chi connectivity index (χ3v) is 4.80. The van der Waals surface area contributed by atoms with Gasteiger partial charge in [-0.25, -0.2) is 9.97 Å². The number of nitrogens with zero attached hydrogens (tertiary/aromatic N) is 2. The highest BCUT2D eigenvalue weighted by molar-refractivity contribution is 5.84. The van der Waals surface area contributed by atoms with Crippen LogP contribution in [0.3, 0.4) is 0 Å². The Balaban J connectivity index is 1.75. The van der Waals surface area contributed by atoms with Crippen LogP contribution in [-0.4, -0.2) is 35.6 Å². The third kappa shape index (κ3) is 4.31. The maximum atomic E-state index is 12.1. The van der Waals surface area contributed by atoms with Crippen molar-refractivity contribution in [2.75, 3.05) is 19.0 Å². The van der Waals surface area contributed by atoms with Crippen LogP contribution in [0.15, 0.2) is 24.3 Å². The Morgan fingerprint density at radius 3 is 2.50 bits per heavy atom. The SMILES string of the molecule is COc1ccc(Cc2c(C)nc(N[C@@H]3CCCCNC3=O)nc2C)cc1. The highest BCUT2D eigenvalue weighted by Crippen LogP contribution is 2.20. The van der Waals surface area contributed by atoms with Gasteiger partial charge in [0.05, 0.1) is 7.11 Å². The first-order chi connectivity index (χ1) is 12.6. The average molecular weight is 354 g/mol. The van der Waals surface area contributed by atoms with Crippen molar-refractivity contribution in [3.05, 3.63) is 46.8 Å². The van der Waals surface area contributed by atoms with E-state index in [0.29, 0.717) is 5.95 Å². The molecular weight excluding hydrogens is 328 g/mol. The van der Waals surface area contributed by atoms with Crippen LogP contribution < -0.4 is 15.4 Å². The summed E-state index contributed by atoms with van der Waals surface area (Å²) in [6.07, 6.45) is 3.61. The van der Waals surface area contributed by atoms with E-state index in [-0.39, 0.29) is 11.9 Å². The molecule has 0 aliphatic carbocycles. The lowest BCUT2D eigenvalue weighted by Crippen LogP contribution is -2.38. The van der Waals surface area contributed by atoms with E-state index in [1.807, 2.05) is 26.0 Å². The number of rotatable bonds is 5. The number of hydrogen-bond donors (Lipinski definition) is 2. The molecule has 6 heteroatoms. The predicted octanol–water partition coefficient (Wildman–Crippen LogP) is 2.77. The van der Waals surface area contributed by atoms with Crippen LogP contribution in [0.2, 0.25) is 0 Å². The first-order valence-corrected chi connectivity index (χ1v) is 9.08. The van der Waals surface area contributed by atoms with Crippen LogP contribution in [0.1, 0.15) is 41.8 Å². The fourth-order valence-electron chi connectivity index (χ4n) is 3.24. The number of nitrogens with one attached hydrogen (secondary N) is 2. The topological polar surface area (TPSA) is 76.1 Å². The minimum Gasteiger partial charge on any atom is -0.497 e. The molecule has 0 unspecified atom stereocenters. The lowest BCUT2D eigenvalue weighted by atomic mass is 10.0. The summed E-state index contributed by atoms with van der Waals surface area (Å²) in [7, 11) is 1.66. The van der Waals surface area contributed by atoms with E-state index < -0.39 is 0 Å². The fraction of sp³-hybridized carbons (Fsp3) is 0.450. The molecule has 2 heterocycles. The number of aromatic nitrogens is 2. The molecule has 138 valence electrons.